The van der Waals surface area contributed by atoms with Crippen molar-refractivity contribution in [1.29, 1.82) is 0 Å². The Morgan fingerprint density at radius 3 is 2.82 bits per heavy atom. The molecule has 4 aromatic rings. The third-order valence-corrected chi connectivity index (χ3v) is 7.04. The van der Waals surface area contributed by atoms with Crippen LogP contribution in [-0.4, -0.2) is 41.0 Å². The van der Waals surface area contributed by atoms with Crippen LogP contribution in [0.1, 0.15) is 25.3 Å². The molecule has 144 valence electrons. The number of aromatic nitrogens is 4. The van der Waals surface area contributed by atoms with Gasteiger partial charge in [0.05, 0.1) is 16.6 Å². The number of imidazole rings is 1. The van der Waals surface area contributed by atoms with E-state index in [9.17, 15) is 8.42 Å². The van der Waals surface area contributed by atoms with Crippen molar-refractivity contribution in [3.05, 3.63) is 48.8 Å². The highest BCUT2D eigenvalue weighted by Gasteiger charge is 2.30. The second-order valence-corrected chi connectivity index (χ2v) is 9.01. The first-order valence-electron chi connectivity index (χ1n) is 9.51. The van der Waals surface area contributed by atoms with Crippen LogP contribution in [0, 0.1) is 0 Å². The summed E-state index contributed by atoms with van der Waals surface area (Å²) in [5.74, 6) is 0. The number of sulfone groups is 1. The first-order valence-corrected chi connectivity index (χ1v) is 11.0. The Labute approximate surface area is 162 Å². The molecular formula is C20H21N5O2S. The fourth-order valence-electron chi connectivity index (χ4n) is 4.03. The molecule has 0 aliphatic carbocycles. The Hall–Kier alpha value is -2.71. The maximum atomic E-state index is 13.5. The number of nitrogens with one attached hydrogen (secondary N) is 2. The zero-order valence-corrected chi connectivity index (χ0v) is 16.1. The molecule has 7 nitrogen and oxygen atoms in total. The van der Waals surface area contributed by atoms with Crippen LogP contribution >= 0.6 is 0 Å². The quantitative estimate of drug-likeness (QED) is 0.556. The van der Waals surface area contributed by atoms with E-state index in [1.807, 2.05) is 22.9 Å². The fraction of sp³-hybridized carbons (Fsp3) is 0.300. The molecule has 1 aromatic carbocycles. The molecule has 8 heteroatoms. The smallest absolute Gasteiger partial charge is 0.240 e. The number of H-pyrrole nitrogens is 1. The first kappa shape index (κ1) is 17.4. The number of aromatic amines is 1. The van der Waals surface area contributed by atoms with E-state index in [0.717, 1.165) is 48.9 Å². The van der Waals surface area contributed by atoms with Gasteiger partial charge in [0.15, 0.2) is 0 Å². The molecule has 3 aromatic heterocycles. The Balaban J connectivity index is 1.82. The summed E-state index contributed by atoms with van der Waals surface area (Å²) in [5, 5.41) is 4.43. The zero-order valence-electron chi connectivity index (χ0n) is 15.3. The van der Waals surface area contributed by atoms with Gasteiger partial charge in [0.1, 0.15) is 11.2 Å². The van der Waals surface area contributed by atoms with Crippen molar-refractivity contribution in [1.82, 2.24) is 24.8 Å². The molecule has 0 spiro atoms. The second kappa shape index (κ2) is 6.72. The van der Waals surface area contributed by atoms with Crippen molar-refractivity contribution in [2.45, 2.75) is 35.4 Å². The molecule has 1 saturated heterocycles. The van der Waals surface area contributed by atoms with E-state index < -0.39 is 9.84 Å². The molecule has 1 atom stereocenters. The molecule has 28 heavy (non-hydrogen) atoms. The normalized spacial score (nSPS) is 18.5. The number of benzene rings is 1. The third kappa shape index (κ3) is 2.71. The van der Waals surface area contributed by atoms with Crippen LogP contribution in [0.15, 0.2) is 58.8 Å². The van der Waals surface area contributed by atoms with Crippen LogP contribution in [0.5, 0.6) is 0 Å². The van der Waals surface area contributed by atoms with Crippen LogP contribution in [0.25, 0.3) is 22.1 Å². The summed E-state index contributed by atoms with van der Waals surface area (Å²) in [6, 6.07) is 10.5. The van der Waals surface area contributed by atoms with Gasteiger partial charge < -0.3 is 14.9 Å². The van der Waals surface area contributed by atoms with Crippen molar-refractivity contribution < 1.29 is 8.42 Å². The summed E-state index contributed by atoms with van der Waals surface area (Å²) in [5.41, 5.74) is 2.17. The van der Waals surface area contributed by atoms with Gasteiger partial charge in [-0.1, -0.05) is 24.6 Å². The van der Waals surface area contributed by atoms with Gasteiger partial charge >= 0.3 is 0 Å². The van der Waals surface area contributed by atoms with Crippen molar-refractivity contribution in [3.63, 3.8) is 0 Å². The minimum Gasteiger partial charge on any atom is -0.346 e. The van der Waals surface area contributed by atoms with Gasteiger partial charge in [-0.3, -0.25) is 0 Å². The average molecular weight is 395 g/mol. The molecule has 0 saturated carbocycles. The Morgan fingerprint density at radius 1 is 1.11 bits per heavy atom. The summed E-state index contributed by atoms with van der Waals surface area (Å²) < 4.78 is 28.9. The van der Waals surface area contributed by atoms with Gasteiger partial charge in [-0.2, -0.15) is 0 Å². The lowest BCUT2D eigenvalue weighted by Crippen LogP contribution is -2.25. The second-order valence-electron chi connectivity index (χ2n) is 7.17. The van der Waals surface area contributed by atoms with E-state index in [4.69, 9.17) is 0 Å². The third-order valence-electron chi connectivity index (χ3n) is 5.38. The summed E-state index contributed by atoms with van der Waals surface area (Å²) in [7, 11) is -3.76. The highest BCUT2D eigenvalue weighted by atomic mass is 32.2. The minimum absolute atomic E-state index is 0.0153. The van der Waals surface area contributed by atoms with E-state index in [1.165, 1.54) is 0 Å². The molecule has 0 bridgehead atoms. The lowest BCUT2D eigenvalue weighted by molar-refractivity contribution is 0.436. The summed E-state index contributed by atoms with van der Waals surface area (Å²) in [6.07, 6.45) is 6.52. The van der Waals surface area contributed by atoms with Gasteiger partial charge in [0.2, 0.25) is 15.0 Å². The maximum absolute atomic E-state index is 13.5. The Bertz CT molecular complexity index is 1240. The molecule has 0 amide bonds. The van der Waals surface area contributed by atoms with Gasteiger partial charge in [-0.05, 0) is 37.6 Å². The largest absolute Gasteiger partial charge is 0.346 e. The summed E-state index contributed by atoms with van der Waals surface area (Å²) >= 11 is 0. The van der Waals surface area contributed by atoms with Gasteiger partial charge in [-0.25, -0.2) is 18.4 Å². The number of pyridine rings is 1. The minimum atomic E-state index is -3.76. The van der Waals surface area contributed by atoms with Crippen molar-refractivity contribution in [2.24, 2.45) is 0 Å². The Morgan fingerprint density at radius 2 is 1.96 bits per heavy atom. The van der Waals surface area contributed by atoms with Crippen molar-refractivity contribution in [2.75, 3.05) is 13.1 Å². The van der Waals surface area contributed by atoms with E-state index in [2.05, 4.69) is 20.3 Å². The standard InChI is InChI=1S/C20H21N5O2S/c26-28(27,15-7-2-1-3-8-15)20-24-17-13-23-19-16(9-11-22-19)18(17)25(20)14-6-4-5-10-21-12-14/h1-3,7-9,11,13-14,21H,4-6,10,12H2,(H,22,23). The summed E-state index contributed by atoms with van der Waals surface area (Å²) in [6.45, 7) is 1.67. The predicted molar refractivity (Wildman–Crippen MR) is 107 cm³/mol. The fourth-order valence-corrected chi connectivity index (χ4v) is 5.47. The van der Waals surface area contributed by atoms with E-state index in [-0.39, 0.29) is 16.1 Å². The number of hydrogen-bond donors (Lipinski definition) is 2. The van der Waals surface area contributed by atoms with Crippen LogP contribution < -0.4 is 5.32 Å². The maximum Gasteiger partial charge on any atom is 0.240 e. The molecule has 5 rings (SSSR count). The zero-order chi connectivity index (χ0) is 19.1. The number of hydrogen-bond acceptors (Lipinski definition) is 5. The molecule has 2 N–H and O–H groups in total. The van der Waals surface area contributed by atoms with Gasteiger partial charge in [0.25, 0.3) is 0 Å². The van der Waals surface area contributed by atoms with E-state index >= 15 is 0 Å². The average Bonchev–Trinajstić information content (AvgIpc) is 3.25. The van der Waals surface area contributed by atoms with Gasteiger partial charge in [0, 0.05) is 24.2 Å². The molecule has 1 fully saturated rings. The highest BCUT2D eigenvalue weighted by Crippen LogP contribution is 2.33. The van der Waals surface area contributed by atoms with E-state index in [0.29, 0.717) is 5.52 Å². The highest BCUT2D eigenvalue weighted by molar-refractivity contribution is 7.91. The Kier molecular flexibility index (Phi) is 4.17. The molecule has 1 aliphatic rings. The molecular weight excluding hydrogens is 374 g/mol. The molecule has 0 radical (unpaired) electrons. The number of fused-ring (bicyclic) bond motifs is 3. The molecule has 1 aliphatic heterocycles. The van der Waals surface area contributed by atoms with E-state index in [1.54, 1.807) is 30.5 Å². The summed E-state index contributed by atoms with van der Waals surface area (Å²) in [4.78, 5) is 12.3. The monoisotopic (exact) mass is 395 g/mol. The topological polar surface area (TPSA) is 92.7 Å². The van der Waals surface area contributed by atoms with Crippen molar-refractivity contribution >= 4 is 31.9 Å². The number of rotatable bonds is 3. The first-order chi connectivity index (χ1) is 13.7. The van der Waals surface area contributed by atoms with Crippen LogP contribution in [0.4, 0.5) is 0 Å². The van der Waals surface area contributed by atoms with Crippen LogP contribution in [0.2, 0.25) is 0 Å². The number of nitrogens with zero attached hydrogens (tertiary/aromatic N) is 3. The van der Waals surface area contributed by atoms with Crippen LogP contribution in [-0.2, 0) is 9.84 Å². The van der Waals surface area contributed by atoms with Gasteiger partial charge in [-0.15, -0.1) is 0 Å². The van der Waals surface area contributed by atoms with Crippen molar-refractivity contribution in [3.8, 4) is 0 Å². The SMILES string of the molecule is O=S(=O)(c1ccccc1)c1nc2cnc3[nH]ccc3c2n1C1CCCCNC1. The van der Waals surface area contributed by atoms with Crippen LogP contribution in [0.3, 0.4) is 0 Å². The lowest BCUT2D eigenvalue weighted by atomic mass is 10.1. The lowest BCUT2D eigenvalue weighted by Gasteiger charge is -2.20. The molecule has 1 unspecified atom stereocenters. The molecule has 4 heterocycles. The predicted octanol–water partition coefficient (Wildman–Crippen LogP) is 3.06.